The fourth-order valence-corrected chi connectivity index (χ4v) is 5.80. The first-order valence-corrected chi connectivity index (χ1v) is 15.6. The SMILES string of the molecule is CSC(=O)NNc1ccc(NS(=O)(=O)c2cccc(NC(=O)CCSCCN3CCCCC3)c2)cc1. The number of nitrogens with zero attached hydrogens (tertiary/aromatic N) is 1. The standard InChI is InChI=1S/C24H33N5O4S3/c1-34-24(31)27-26-19-8-10-20(11-9-19)28-36(32,33)22-7-5-6-21(18-22)25-23(30)12-16-35-17-15-29-13-3-2-4-14-29/h5-11,18,26,28H,2-4,12-17H2,1H3,(H,25,30)(H,27,31). The van der Waals surface area contributed by atoms with Gasteiger partial charge in [-0.05, 0) is 74.7 Å². The van der Waals surface area contributed by atoms with E-state index in [1.54, 1.807) is 54.4 Å². The summed E-state index contributed by atoms with van der Waals surface area (Å²) in [5.74, 6) is 1.60. The van der Waals surface area contributed by atoms with E-state index in [1.165, 1.54) is 44.5 Å². The molecule has 12 heteroatoms. The van der Waals surface area contributed by atoms with E-state index in [-0.39, 0.29) is 16.0 Å². The molecular formula is C24H33N5O4S3. The summed E-state index contributed by atoms with van der Waals surface area (Å²) < 4.78 is 28.2. The molecule has 1 saturated heterocycles. The monoisotopic (exact) mass is 551 g/mol. The lowest BCUT2D eigenvalue weighted by Gasteiger charge is -2.26. The molecular weight excluding hydrogens is 518 g/mol. The van der Waals surface area contributed by atoms with Gasteiger partial charge in [0.25, 0.3) is 15.3 Å². The first-order valence-electron chi connectivity index (χ1n) is 11.8. The quantitative estimate of drug-likeness (QED) is 0.226. The summed E-state index contributed by atoms with van der Waals surface area (Å²) in [4.78, 5) is 26.2. The number of likely N-dealkylation sites (tertiary alicyclic amines) is 1. The van der Waals surface area contributed by atoms with Crippen molar-refractivity contribution in [3.63, 3.8) is 0 Å². The topological polar surface area (TPSA) is 120 Å². The first kappa shape index (κ1) is 28.2. The van der Waals surface area contributed by atoms with Crippen LogP contribution in [-0.2, 0) is 14.8 Å². The molecule has 4 N–H and O–H groups in total. The van der Waals surface area contributed by atoms with Gasteiger partial charge < -0.3 is 10.2 Å². The third-order valence-electron chi connectivity index (χ3n) is 5.53. The summed E-state index contributed by atoms with van der Waals surface area (Å²) in [5, 5.41) is 2.56. The Kier molecular flexibility index (Phi) is 11.2. The van der Waals surface area contributed by atoms with Crippen molar-refractivity contribution in [2.45, 2.75) is 30.6 Å². The molecule has 1 aliphatic heterocycles. The number of benzene rings is 2. The summed E-state index contributed by atoms with van der Waals surface area (Å²) in [5.41, 5.74) is 6.64. The van der Waals surface area contributed by atoms with Crippen molar-refractivity contribution in [2.24, 2.45) is 0 Å². The maximum atomic E-state index is 12.8. The number of anilines is 3. The molecule has 2 amide bonds. The molecule has 1 fully saturated rings. The highest BCUT2D eigenvalue weighted by atomic mass is 32.2. The Labute approximate surface area is 221 Å². The Bertz CT molecular complexity index is 1110. The fourth-order valence-electron chi connectivity index (χ4n) is 3.62. The summed E-state index contributed by atoms with van der Waals surface area (Å²) in [6.45, 7) is 3.42. The summed E-state index contributed by atoms with van der Waals surface area (Å²) in [6.07, 6.45) is 5.92. The van der Waals surface area contributed by atoms with Crippen LogP contribution in [0.5, 0.6) is 0 Å². The number of nitrogens with one attached hydrogen (secondary N) is 4. The van der Waals surface area contributed by atoms with Crippen molar-refractivity contribution in [3.05, 3.63) is 48.5 Å². The molecule has 2 aromatic carbocycles. The first-order chi connectivity index (χ1) is 17.4. The molecule has 0 spiro atoms. The molecule has 0 aromatic heterocycles. The Hall–Kier alpha value is -2.41. The van der Waals surface area contributed by atoms with E-state index in [4.69, 9.17) is 0 Å². The predicted octanol–water partition coefficient (Wildman–Crippen LogP) is 4.43. The van der Waals surface area contributed by atoms with Gasteiger partial charge in [0.05, 0.1) is 10.6 Å². The minimum absolute atomic E-state index is 0.0469. The fraction of sp³-hybridized carbons (Fsp3) is 0.417. The number of carbonyl (C=O) groups is 2. The minimum atomic E-state index is -3.85. The molecule has 3 rings (SSSR count). The molecule has 2 aromatic rings. The van der Waals surface area contributed by atoms with Crippen LogP contribution in [0.1, 0.15) is 25.7 Å². The second-order valence-corrected chi connectivity index (χ2v) is 12.0. The lowest BCUT2D eigenvalue weighted by atomic mass is 10.1. The number of amides is 2. The van der Waals surface area contributed by atoms with Crippen molar-refractivity contribution < 1.29 is 18.0 Å². The van der Waals surface area contributed by atoms with Gasteiger partial charge in [-0.2, -0.15) is 11.8 Å². The van der Waals surface area contributed by atoms with Crippen molar-refractivity contribution in [1.29, 1.82) is 0 Å². The Morgan fingerprint density at radius 1 is 0.944 bits per heavy atom. The second kappa shape index (κ2) is 14.4. The largest absolute Gasteiger partial charge is 0.326 e. The van der Waals surface area contributed by atoms with Gasteiger partial charge in [-0.15, -0.1) is 0 Å². The number of sulfonamides is 1. The van der Waals surface area contributed by atoms with Gasteiger partial charge in [0.1, 0.15) is 0 Å². The minimum Gasteiger partial charge on any atom is -0.326 e. The van der Waals surface area contributed by atoms with Crippen LogP contribution < -0.4 is 20.9 Å². The summed E-state index contributed by atoms with van der Waals surface area (Å²) in [7, 11) is -3.85. The van der Waals surface area contributed by atoms with Crippen LogP contribution in [0.2, 0.25) is 0 Å². The van der Waals surface area contributed by atoms with Crippen molar-refractivity contribution in [2.75, 3.05) is 52.9 Å². The van der Waals surface area contributed by atoms with E-state index in [0.29, 0.717) is 23.5 Å². The lowest BCUT2D eigenvalue weighted by molar-refractivity contribution is -0.115. The van der Waals surface area contributed by atoms with E-state index < -0.39 is 10.0 Å². The number of thioether (sulfide) groups is 2. The Morgan fingerprint density at radius 3 is 2.39 bits per heavy atom. The van der Waals surface area contributed by atoms with E-state index in [1.807, 2.05) is 0 Å². The van der Waals surface area contributed by atoms with Crippen molar-refractivity contribution in [3.8, 4) is 0 Å². The van der Waals surface area contributed by atoms with Crippen LogP contribution in [0.15, 0.2) is 53.4 Å². The van der Waals surface area contributed by atoms with Gasteiger partial charge in [-0.1, -0.05) is 24.2 Å². The molecule has 196 valence electrons. The molecule has 1 aliphatic rings. The zero-order valence-corrected chi connectivity index (χ0v) is 22.7. The highest BCUT2D eigenvalue weighted by Gasteiger charge is 2.16. The number of hydrazine groups is 1. The van der Waals surface area contributed by atoms with Crippen LogP contribution >= 0.6 is 23.5 Å². The van der Waals surface area contributed by atoms with Crippen molar-refractivity contribution >= 4 is 61.8 Å². The zero-order chi connectivity index (χ0) is 25.8. The van der Waals surface area contributed by atoms with E-state index in [9.17, 15) is 18.0 Å². The molecule has 0 saturated carbocycles. The highest BCUT2D eigenvalue weighted by Crippen LogP contribution is 2.21. The average Bonchev–Trinajstić information content (AvgIpc) is 2.88. The van der Waals surface area contributed by atoms with Gasteiger partial charge >= 0.3 is 0 Å². The summed E-state index contributed by atoms with van der Waals surface area (Å²) in [6, 6.07) is 12.6. The number of hydrogen-bond donors (Lipinski definition) is 4. The maximum absolute atomic E-state index is 12.8. The normalized spacial score (nSPS) is 14.1. The molecule has 0 bridgehead atoms. The van der Waals surface area contributed by atoms with E-state index in [2.05, 4.69) is 25.8 Å². The van der Waals surface area contributed by atoms with Crippen LogP contribution in [0, 0.1) is 0 Å². The van der Waals surface area contributed by atoms with Gasteiger partial charge in [-0.25, -0.2) is 8.42 Å². The third-order valence-corrected chi connectivity index (χ3v) is 8.35. The Balaban J connectivity index is 1.45. The Morgan fingerprint density at radius 2 is 1.67 bits per heavy atom. The smallest absolute Gasteiger partial charge is 0.297 e. The molecule has 0 atom stereocenters. The molecule has 1 heterocycles. The lowest BCUT2D eigenvalue weighted by Crippen LogP contribution is -2.31. The molecule has 36 heavy (non-hydrogen) atoms. The average molecular weight is 552 g/mol. The highest BCUT2D eigenvalue weighted by molar-refractivity contribution is 8.12. The van der Waals surface area contributed by atoms with Gasteiger partial charge in [-0.3, -0.25) is 25.2 Å². The van der Waals surface area contributed by atoms with Gasteiger partial charge in [0.2, 0.25) is 5.91 Å². The van der Waals surface area contributed by atoms with E-state index >= 15 is 0 Å². The molecule has 0 radical (unpaired) electrons. The predicted molar refractivity (Wildman–Crippen MR) is 150 cm³/mol. The molecule has 9 nitrogen and oxygen atoms in total. The van der Waals surface area contributed by atoms with Crippen LogP contribution in [0.3, 0.4) is 0 Å². The van der Waals surface area contributed by atoms with Gasteiger partial charge in [0.15, 0.2) is 0 Å². The van der Waals surface area contributed by atoms with Crippen LogP contribution in [0.25, 0.3) is 0 Å². The van der Waals surface area contributed by atoms with Gasteiger partial charge in [0, 0.05) is 35.8 Å². The molecule has 0 aliphatic carbocycles. The number of rotatable bonds is 12. The maximum Gasteiger partial charge on any atom is 0.297 e. The zero-order valence-electron chi connectivity index (χ0n) is 20.3. The van der Waals surface area contributed by atoms with E-state index in [0.717, 1.165) is 29.8 Å². The number of hydrogen-bond acceptors (Lipinski definition) is 8. The summed E-state index contributed by atoms with van der Waals surface area (Å²) >= 11 is 2.80. The molecule has 0 unspecified atom stereocenters. The van der Waals surface area contributed by atoms with Crippen LogP contribution in [-0.4, -0.2) is 61.9 Å². The second-order valence-electron chi connectivity index (χ2n) is 8.27. The third kappa shape index (κ3) is 9.57. The number of piperidine rings is 1. The van der Waals surface area contributed by atoms with Crippen molar-refractivity contribution in [1.82, 2.24) is 10.3 Å². The van der Waals surface area contributed by atoms with Crippen LogP contribution in [0.4, 0.5) is 21.9 Å². The number of carbonyl (C=O) groups excluding carboxylic acids is 2.